The molecular formula is C26H25N3O5. The number of benzene rings is 2. The fourth-order valence-electron chi connectivity index (χ4n) is 7.09. The molecule has 34 heavy (non-hydrogen) atoms. The monoisotopic (exact) mass is 459 g/mol. The van der Waals surface area contributed by atoms with Crippen LogP contribution in [-0.4, -0.2) is 48.4 Å². The Morgan fingerprint density at radius 3 is 2.62 bits per heavy atom. The van der Waals surface area contributed by atoms with Crippen LogP contribution in [0.25, 0.3) is 0 Å². The number of aryl methyl sites for hydroxylation is 2. The lowest BCUT2D eigenvalue weighted by Gasteiger charge is -2.37. The molecule has 7 rings (SSSR count). The number of nitrogens with zero attached hydrogens (tertiary/aromatic N) is 2. The molecule has 1 N–H and O–H groups in total. The van der Waals surface area contributed by atoms with Gasteiger partial charge in [0.05, 0.1) is 17.5 Å². The van der Waals surface area contributed by atoms with Crippen molar-refractivity contribution >= 4 is 29.1 Å². The fraction of sp³-hybridized carbons (Fsp3) is 0.423. The molecule has 0 saturated carbocycles. The zero-order chi connectivity index (χ0) is 23.4. The van der Waals surface area contributed by atoms with Crippen molar-refractivity contribution in [2.75, 3.05) is 30.0 Å². The summed E-state index contributed by atoms with van der Waals surface area (Å²) < 4.78 is 11.3. The fourth-order valence-corrected chi connectivity index (χ4v) is 7.09. The van der Waals surface area contributed by atoms with E-state index in [4.69, 9.17) is 9.47 Å². The highest BCUT2D eigenvalue weighted by molar-refractivity contribution is 6.26. The van der Waals surface area contributed by atoms with Crippen molar-refractivity contribution in [1.82, 2.24) is 4.90 Å². The van der Waals surface area contributed by atoms with Crippen LogP contribution in [0.15, 0.2) is 30.3 Å². The van der Waals surface area contributed by atoms with Gasteiger partial charge in [-0.3, -0.25) is 19.3 Å². The first kappa shape index (κ1) is 20.0. The van der Waals surface area contributed by atoms with Crippen molar-refractivity contribution in [2.24, 2.45) is 11.8 Å². The van der Waals surface area contributed by atoms with Gasteiger partial charge in [0.15, 0.2) is 11.5 Å². The van der Waals surface area contributed by atoms with Gasteiger partial charge in [0.2, 0.25) is 17.7 Å². The predicted molar refractivity (Wildman–Crippen MR) is 123 cm³/mol. The molecule has 0 aromatic heterocycles. The normalized spacial score (nSPS) is 31.2. The quantitative estimate of drug-likeness (QED) is 0.660. The predicted octanol–water partition coefficient (Wildman–Crippen LogP) is 2.51. The van der Waals surface area contributed by atoms with Crippen LogP contribution in [0.4, 0.5) is 11.4 Å². The smallest absolute Gasteiger partial charge is 0.250 e. The van der Waals surface area contributed by atoms with Gasteiger partial charge in [-0.25, -0.2) is 4.90 Å². The van der Waals surface area contributed by atoms with Crippen molar-refractivity contribution in [2.45, 2.75) is 38.3 Å². The van der Waals surface area contributed by atoms with Crippen LogP contribution in [0.2, 0.25) is 0 Å². The van der Waals surface area contributed by atoms with E-state index in [2.05, 4.69) is 10.2 Å². The molecule has 3 amide bonds. The van der Waals surface area contributed by atoms with Crippen molar-refractivity contribution in [1.29, 1.82) is 0 Å². The molecule has 5 heterocycles. The van der Waals surface area contributed by atoms with Crippen LogP contribution in [0.5, 0.6) is 11.5 Å². The molecule has 2 aromatic carbocycles. The highest BCUT2D eigenvalue weighted by Crippen LogP contribution is 2.61. The highest BCUT2D eigenvalue weighted by Gasteiger charge is 2.74. The largest absolute Gasteiger partial charge is 0.486 e. The summed E-state index contributed by atoms with van der Waals surface area (Å²) in [5, 5.41) is 3.08. The van der Waals surface area contributed by atoms with Crippen molar-refractivity contribution in [3.8, 4) is 11.5 Å². The molecule has 8 nitrogen and oxygen atoms in total. The Morgan fingerprint density at radius 1 is 1.00 bits per heavy atom. The average Bonchev–Trinajstić information content (AvgIpc) is 3.52. The van der Waals surface area contributed by atoms with Gasteiger partial charge in [-0.1, -0.05) is 17.7 Å². The third kappa shape index (κ3) is 2.24. The minimum atomic E-state index is -1.16. The Balaban J connectivity index is 1.40. The van der Waals surface area contributed by atoms with Gasteiger partial charge in [0.1, 0.15) is 18.8 Å². The zero-order valence-electron chi connectivity index (χ0n) is 19.1. The molecule has 4 atom stereocenters. The van der Waals surface area contributed by atoms with E-state index in [1.165, 1.54) is 4.90 Å². The molecule has 1 spiro atoms. The van der Waals surface area contributed by atoms with Gasteiger partial charge in [0.25, 0.3) is 0 Å². The number of rotatable bonds is 1. The number of ether oxygens (including phenoxy) is 2. The molecule has 5 aliphatic heterocycles. The molecule has 8 heteroatoms. The topological polar surface area (TPSA) is 88.2 Å². The van der Waals surface area contributed by atoms with E-state index in [1.807, 2.05) is 26.0 Å². The average molecular weight is 460 g/mol. The van der Waals surface area contributed by atoms with E-state index >= 15 is 0 Å². The number of fused-ring (bicyclic) bond motifs is 8. The van der Waals surface area contributed by atoms with Crippen molar-refractivity contribution < 1.29 is 23.9 Å². The Bertz CT molecular complexity index is 1310. The molecule has 3 saturated heterocycles. The van der Waals surface area contributed by atoms with E-state index in [9.17, 15) is 14.4 Å². The summed E-state index contributed by atoms with van der Waals surface area (Å²) in [6, 6.07) is 9.07. The summed E-state index contributed by atoms with van der Waals surface area (Å²) in [4.78, 5) is 45.2. The van der Waals surface area contributed by atoms with Crippen LogP contribution in [0.3, 0.4) is 0 Å². The summed E-state index contributed by atoms with van der Waals surface area (Å²) in [5.74, 6) is -0.937. The number of hydrogen-bond donors (Lipinski definition) is 1. The molecule has 2 aromatic rings. The van der Waals surface area contributed by atoms with Crippen LogP contribution < -0.4 is 19.7 Å². The van der Waals surface area contributed by atoms with Crippen LogP contribution in [0.1, 0.15) is 29.5 Å². The first-order valence-corrected chi connectivity index (χ1v) is 11.9. The summed E-state index contributed by atoms with van der Waals surface area (Å²) >= 11 is 0. The lowest BCUT2D eigenvalue weighted by atomic mass is 9.75. The van der Waals surface area contributed by atoms with E-state index in [-0.39, 0.29) is 23.8 Å². The minimum Gasteiger partial charge on any atom is -0.486 e. The van der Waals surface area contributed by atoms with Gasteiger partial charge < -0.3 is 14.8 Å². The van der Waals surface area contributed by atoms with Crippen LogP contribution in [-0.2, 0) is 19.9 Å². The number of carbonyl (C=O) groups is 3. The van der Waals surface area contributed by atoms with Gasteiger partial charge >= 0.3 is 0 Å². The van der Waals surface area contributed by atoms with E-state index < -0.39 is 17.4 Å². The van der Waals surface area contributed by atoms with Gasteiger partial charge in [0, 0.05) is 23.4 Å². The second-order valence-electron chi connectivity index (χ2n) is 9.97. The van der Waals surface area contributed by atoms with Gasteiger partial charge in [-0.15, -0.1) is 0 Å². The number of carbonyl (C=O) groups excluding carboxylic acids is 3. The highest BCUT2D eigenvalue weighted by atomic mass is 16.6. The van der Waals surface area contributed by atoms with E-state index in [1.54, 1.807) is 18.2 Å². The van der Waals surface area contributed by atoms with Crippen LogP contribution >= 0.6 is 0 Å². The number of anilines is 2. The summed E-state index contributed by atoms with van der Waals surface area (Å²) in [7, 11) is 0. The maximum absolute atomic E-state index is 14.1. The summed E-state index contributed by atoms with van der Waals surface area (Å²) in [5.41, 5.74) is 2.92. The SMILES string of the molecule is Cc1cc(C)c2c(c1)[C@@]1(C(=O)N2)[C@H]2C(=O)N(c3ccc4c(c3)OCCO4)C(=O)[C@@H]2[C@H]2CCCN21. The number of imide groups is 1. The van der Waals surface area contributed by atoms with Crippen LogP contribution in [0, 0.1) is 25.7 Å². The molecule has 0 bridgehead atoms. The minimum absolute atomic E-state index is 0.138. The second kappa shape index (κ2) is 6.60. The maximum Gasteiger partial charge on any atom is 0.250 e. The third-order valence-electron chi connectivity index (χ3n) is 8.23. The first-order valence-electron chi connectivity index (χ1n) is 11.9. The molecule has 0 unspecified atom stereocenters. The van der Waals surface area contributed by atoms with Gasteiger partial charge in [-0.05, 0) is 50.9 Å². The standard InChI is InChI=1S/C26H25N3O5/c1-13-10-14(2)22-16(11-13)26(25(32)27-22)21-20(17-4-3-7-28(17)26)23(30)29(24(21)31)15-5-6-18-19(12-15)34-9-8-33-18/h5-6,10-12,17,20-21H,3-4,7-9H2,1-2H3,(H,27,32)/t17-,20-,21-,26+/m1/s1. The van der Waals surface area contributed by atoms with Gasteiger partial charge in [-0.2, -0.15) is 0 Å². The summed E-state index contributed by atoms with van der Waals surface area (Å²) in [6.07, 6.45) is 1.69. The Hall–Kier alpha value is -3.39. The first-order chi connectivity index (χ1) is 16.4. The molecule has 0 aliphatic carbocycles. The molecular weight excluding hydrogens is 434 g/mol. The van der Waals surface area contributed by atoms with E-state index in [0.29, 0.717) is 36.9 Å². The third-order valence-corrected chi connectivity index (χ3v) is 8.23. The Morgan fingerprint density at radius 2 is 1.79 bits per heavy atom. The molecule has 174 valence electrons. The lowest BCUT2D eigenvalue weighted by molar-refractivity contribution is -0.135. The Labute approximate surface area is 196 Å². The van der Waals surface area contributed by atoms with Crippen molar-refractivity contribution in [3.63, 3.8) is 0 Å². The van der Waals surface area contributed by atoms with Crippen molar-refractivity contribution in [3.05, 3.63) is 47.0 Å². The lowest BCUT2D eigenvalue weighted by Crippen LogP contribution is -2.54. The number of amides is 3. The number of hydrogen-bond acceptors (Lipinski definition) is 6. The second-order valence-corrected chi connectivity index (χ2v) is 9.97. The summed E-state index contributed by atoms with van der Waals surface area (Å²) in [6.45, 7) is 5.55. The zero-order valence-corrected chi connectivity index (χ0v) is 19.1. The molecule has 5 aliphatic rings. The molecule has 0 radical (unpaired) electrons. The van der Waals surface area contributed by atoms with E-state index in [0.717, 1.165) is 35.2 Å². The number of nitrogens with one attached hydrogen (secondary N) is 1. The maximum atomic E-state index is 14.1. The Kier molecular flexibility index (Phi) is 3.89. The molecule has 3 fully saturated rings.